The largest absolute Gasteiger partial charge is 0.497 e. The number of piperazine rings is 1. The zero-order valence-electron chi connectivity index (χ0n) is 24.5. The summed E-state index contributed by atoms with van der Waals surface area (Å²) in [5, 5.41) is 10.6. The molecule has 1 saturated heterocycles. The molecule has 3 aromatic carbocycles. The van der Waals surface area contributed by atoms with Crippen LogP contribution in [0, 0.1) is 0 Å². The van der Waals surface area contributed by atoms with Crippen molar-refractivity contribution in [2.24, 2.45) is 4.99 Å². The Morgan fingerprint density at radius 1 is 0.953 bits per heavy atom. The Morgan fingerprint density at radius 2 is 1.56 bits per heavy atom. The molecule has 0 radical (unpaired) electrons. The number of urea groups is 1. The molecule has 43 heavy (non-hydrogen) atoms. The van der Waals surface area contributed by atoms with Gasteiger partial charge in [-0.15, -0.1) is 12.4 Å². The fraction of sp³-hybridized carbons (Fsp3) is 0.375. The molecule has 2 atom stereocenters. The van der Waals surface area contributed by atoms with Gasteiger partial charge < -0.3 is 19.5 Å². The highest BCUT2D eigenvalue weighted by Crippen LogP contribution is 2.46. The smallest absolute Gasteiger partial charge is 0.326 e. The van der Waals surface area contributed by atoms with Gasteiger partial charge in [-0.3, -0.25) is 14.8 Å². The molecule has 5 rings (SSSR count). The molecule has 230 valence electrons. The first-order chi connectivity index (χ1) is 20.3. The maximum absolute atomic E-state index is 14.6. The molecular formula is C32H37Cl3N4O4. The van der Waals surface area contributed by atoms with E-state index in [9.17, 15) is 9.90 Å². The average molecular weight is 648 g/mol. The van der Waals surface area contributed by atoms with Crippen LogP contribution < -0.4 is 9.47 Å². The standard InChI is InChI=1S/C32H36Cl2N4O4.ClH/c1-21(2)42-28-20-26(41-3)12-13-27(28)31-35-29(22-4-8-24(33)9-5-22)30(23-6-10-25(34)11-7-23)38(31)32(40)37-16-14-36(15-17-37)18-19-39;/h4-13,20-21,29-30,39H,14-19H2,1-3H3;1H/t29-,30+;/m1./s1. The molecule has 0 bridgehead atoms. The number of hydrogen-bond acceptors (Lipinski definition) is 6. The van der Waals surface area contributed by atoms with Crippen molar-refractivity contribution >= 4 is 47.5 Å². The molecule has 1 N–H and O–H groups in total. The number of ether oxygens (including phenoxy) is 2. The highest BCUT2D eigenvalue weighted by molar-refractivity contribution is 6.30. The number of aliphatic hydroxyl groups is 1. The van der Waals surface area contributed by atoms with Crippen LogP contribution in [0.5, 0.6) is 11.5 Å². The van der Waals surface area contributed by atoms with Crippen molar-refractivity contribution in [2.75, 3.05) is 46.4 Å². The molecular weight excluding hydrogens is 611 g/mol. The fourth-order valence-corrected chi connectivity index (χ4v) is 5.73. The second-order valence-electron chi connectivity index (χ2n) is 10.7. The predicted octanol–water partition coefficient (Wildman–Crippen LogP) is 6.49. The molecule has 2 aliphatic rings. The topological polar surface area (TPSA) is 77.8 Å². The van der Waals surface area contributed by atoms with Crippen molar-refractivity contribution in [3.05, 3.63) is 93.5 Å². The van der Waals surface area contributed by atoms with E-state index in [-0.39, 0.29) is 31.1 Å². The number of hydrogen-bond donors (Lipinski definition) is 1. The number of benzene rings is 3. The predicted molar refractivity (Wildman–Crippen MR) is 173 cm³/mol. The van der Waals surface area contributed by atoms with Gasteiger partial charge in [0.25, 0.3) is 0 Å². The molecule has 1 fully saturated rings. The van der Waals surface area contributed by atoms with Crippen LogP contribution in [0.3, 0.4) is 0 Å². The van der Waals surface area contributed by atoms with Crippen LogP contribution in [-0.2, 0) is 0 Å². The third-order valence-corrected chi connectivity index (χ3v) is 8.05. The van der Waals surface area contributed by atoms with Gasteiger partial charge >= 0.3 is 6.03 Å². The van der Waals surface area contributed by atoms with Crippen LogP contribution in [0.4, 0.5) is 4.79 Å². The zero-order chi connectivity index (χ0) is 29.8. The van der Waals surface area contributed by atoms with E-state index in [2.05, 4.69) is 4.90 Å². The first kappa shape index (κ1) is 32.9. The lowest BCUT2D eigenvalue weighted by Gasteiger charge is -2.39. The Hall–Kier alpha value is -3.01. The van der Waals surface area contributed by atoms with Crippen LogP contribution in [0.2, 0.25) is 10.0 Å². The minimum absolute atomic E-state index is 0. The molecule has 2 aliphatic heterocycles. The lowest BCUT2D eigenvalue weighted by atomic mass is 9.93. The Kier molecular flexibility index (Phi) is 11.2. The minimum Gasteiger partial charge on any atom is -0.497 e. The third kappa shape index (κ3) is 7.39. The van der Waals surface area contributed by atoms with Crippen molar-refractivity contribution < 1.29 is 19.4 Å². The number of amides is 2. The number of aliphatic hydroxyl groups excluding tert-OH is 1. The van der Waals surface area contributed by atoms with Crippen LogP contribution >= 0.6 is 35.6 Å². The third-order valence-electron chi connectivity index (χ3n) is 7.55. The summed E-state index contributed by atoms with van der Waals surface area (Å²) in [4.78, 5) is 25.7. The van der Waals surface area contributed by atoms with E-state index in [0.717, 1.165) is 11.1 Å². The molecule has 0 unspecified atom stereocenters. The molecule has 8 nitrogen and oxygen atoms in total. The fourth-order valence-electron chi connectivity index (χ4n) is 5.48. The van der Waals surface area contributed by atoms with Gasteiger partial charge in [-0.05, 0) is 61.4 Å². The highest BCUT2D eigenvalue weighted by Gasteiger charge is 2.45. The number of halogens is 3. The van der Waals surface area contributed by atoms with Crippen LogP contribution in [0.25, 0.3) is 0 Å². The summed E-state index contributed by atoms with van der Waals surface area (Å²) in [5.74, 6) is 1.76. The lowest BCUT2D eigenvalue weighted by Crippen LogP contribution is -2.54. The van der Waals surface area contributed by atoms with E-state index in [1.807, 2.05) is 85.5 Å². The summed E-state index contributed by atoms with van der Waals surface area (Å²) in [7, 11) is 1.61. The van der Waals surface area contributed by atoms with Gasteiger partial charge in [0.2, 0.25) is 0 Å². The summed E-state index contributed by atoms with van der Waals surface area (Å²) in [6.07, 6.45) is -0.110. The number of methoxy groups -OCH3 is 1. The average Bonchev–Trinajstić information content (AvgIpc) is 3.38. The molecule has 3 aromatic rings. The maximum Gasteiger partial charge on any atom is 0.326 e. The van der Waals surface area contributed by atoms with Crippen molar-refractivity contribution in [1.29, 1.82) is 0 Å². The summed E-state index contributed by atoms with van der Waals surface area (Å²) >= 11 is 12.5. The van der Waals surface area contributed by atoms with Gasteiger partial charge in [0, 0.05) is 48.8 Å². The first-order valence-corrected chi connectivity index (χ1v) is 14.9. The Morgan fingerprint density at radius 3 is 2.12 bits per heavy atom. The summed E-state index contributed by atoms with van der Waals surface area (Å²) in [5.41, 5.74) is 2.54. The normalized spacial score (nSPS) is 18.8. The number of amidine groups is 1. The van der Waals surface area contributed by atoms with Gasteiger partial charge in [-0.2, -0.15) is 0 Å². The molecule has 0 spiro atoms. The molecule has 0 aromatic heterocycles. The number of nitrogens with zero attached hydrogens (tertiary/aromatic N) is 4. The first-order valence-electron chi connectivity index (χ1n) is 14.1. The lowest BCUT2D eigenvalue weighted by molar-refractivity contribution is 0.108. The molecule has 11 heteroatoms. The second kappa shape index (κ2) is 14.6. The van der Waals surface area contributed by atoms with E-state index in [1.54, 1.807) is 12.0 Å². The van der Waals surface area contributed by atoms with E-state index < -0.39 is 12.1 Å². The quantitative estimate of drug-likeness (QED) is 0.303. The van der Waals surface area contributed by atoms with Crippen molar-refractivity contribution in [1.82, 2.24) is 14.7 Å². The number of rotatable bonds is 8. The highest BCUT2D eigenvalue weighted by atomic mass is 35.5. The summed E-state index contributed by atoms with van der Waals surface area (Å²) < 4.78 is 11.8. The van der Waals surface area contributed by atoms with Crippen LogP contribution in [0.1, 0.15) is 42.6 Å². The monoisotopic (exact) mass is 646 g/mol. The summed E-state index contributed by atoms with van der Waals surface area (Å²) in [6.45, 7) is 7.05. The minimum atomic E-state index is -0.449. The van der Waals surface area contributed by atoms with Crippen molar-refractivity contribution in [2.45, 2.75) is 32.0 Å². The van der Waals surface area contributed by atoms with Crippen molar-refractivity contribution in [3.8, 4) is 11.5 Å². The number of aliphatic imine (C=N–C) groups is 1. The SMILES string of the molecule is COc1ccc(C2=N[C@H](c3ccc(Cl)cc3)[C@H](c3ccc(Cl)cc3)N2C(=O)N2CCN(CCO)CC2)c(OC(C)C)c1.Cl. The zero-order valence-corrected chi connectivity index (χ0v) is 26.8. The van der Waals surface area contributed by atoms with Gasteiger partial charge in [0.1, 0.15) is 23.4 Å². The van der Waals surface area contributed by atoms with Gasteiger partial charge in [-0.25, -0.2) is 4.79 Å². The molecule has 2 heterocycles. The molecule has 0 aliphatic carbocycles. The Balaban J connectivity index is 0.00000423. The Labute approximate surface area is 269 Å². The van der Waals surface area contributed by atoms with Crippen LogP contribution in [-0.4, -0.2) is 84.2 Å². The van der Waals surface area contributed by atoms with Crippen molar-refractivity contribution in [3.63, 3.8) is 0 Å². The van der Waals surface area contributed by atoms with Crippen LogP contribution in [0.15, 0.2) is 71.7 Å². The van der Waals surface area contributed by atoms with E-state index in [4.69, 9.17) is 37.7 Å². The molecule has 0 saturated carbocycles. The van der Waals surface area contributed by atoms with Gasteiger partial charge in [0.05, 0.1) is 31.4 Å². The summed E-state index contributed by atoms with van der Waals surface area (Å²) in [6, 6.07) is 19.8. The number of β-amino-alcohol motifs (C(OH)–C–C–N with tert-alkyl or cyclic N) is 1. The maximum atomic E-state index is 14.6. The van der Waals surface area contributed by atoms with E-state index in [0.29, 0.717) is 65.7 Å². The number of carbonyl (C=O) groups is 1. The van der Waals surface area contributed by atoms with E-state index >= 15 is 0 Å². The second-order valence-corrected chi connectivity index (χ2v) is 11.6. The van der Waals surface area contributed by atoms with Gasteiger partial charge in [-0.1, -0.05) is 47.5 Å². The molecule has 2 amide bonds. The van der Waals surface area contributed by atoms with E-state index in [1.165, 1.54) is 0 Å². The number of carbonyl (C=O) groups excluding carboxylic acids is 1. The Bertz CT molecular complexity index is 1410. The van der Waals surface area contributed by atoms with Gasteiger partial charge in [0.15, 0.2) is 0 Å².